The first-order chi connectivity index (χ1) is 22.4. The number of benzene rings is 2. The van der Waals surface area contributed by atoms with E-state index in [1.807, 2.05) is 36.4 Å². The lowest BCUT2D eigenvalue weighted by Crippen LogP contribution is -2.53. The van der Waals surface area contributed by atoms with Gasteiger partial charge in [0.2, 0.25) is 0 Å². The van der Waals surface area contributed by atoms with E-state index in [1.165, 1.54) is 0 Å². The van der Waals surface area contributed by atoms with Crippen molar-refractivity contribution in [2.75, 3.05) is 44.3 Å². The monoisotopic (exact) mass is 630 g/mol. The summed E-state index contributed by atoms with van der Waals surface area (Å²) >= 11 is 0. The highest BCUT2D eigenvalue weighted by Gasteiger charge is 2.49. The van der Waals surface area contributed by atoms with Gasteiger partial charge in [0.15, 0.2) is 5.82 Å². The van der Waals surface area contributed by atoms with Crippen molar-refractivity contribution in [1.29, 1.82) is 0 Å². The second-order valence-corrected chi connectivity index (χ2v) is 13.1. The molecule has 5 aliphatic heterocycles. The van der Waals surface area contributed by atoms with Gasteiger partial charge in [-0.05, 0) is 55.0 Å². The van der Waals surface area contributed by atoms with E-state index in [0.29, 0.717) is 55.5 Å². The third-order valence-corrected chi connectivity index (χ3v) is 9.99. The van der Waals surface area contributed by atoms with Crippen LogP contribution in [0.4, 0.5) is 19.4 Å². The number of hydrogen-bond acceptors (Lipinski definition) is 9. The number of carbonyl (C=O) groups excluding carboxylic acids is 1. The summed E-state index contributed by atoms with van der Waals surface area (Å²) in [5.74, 6) is -0.260. The van der Waals surface area contributed by atoms with Crippen LogP contribution in [-0.4, -0.2) is 94.3 Å². The van der Waals surface area contributed by atoms with Gasteiger partial charge >= 0.3 is 12.1 Å². The lowest BCUT2D eigenvalue weighted by atomic mass is 9.94. The van der Waals surface area contributed by atoms with Gasteiger partial charge in [0.1, 0.15) is 29.8 Å². The second-order valence-electron chi connectivity index (χ2n) is 13.1. The Balaban J connectivity index is 1.28. The number of anilines is 1. The van der Waals surface area contributed by atoms with Crippen molar-refractivity contribution >= 4 is 33.6 Å². The maximum atomic E-state index is 16.9. The molecule has 12 heteroatoms. The first kappa shape index (κ1) is 29.3. The fourth-order valence-corrected chi connectivity index (χ4v) is 7.97. The number of nitrogens with one attached hydrogen (secondary N) is 1. The molecule has 46 heavy (non-hydrogen) atoms. The Morgan fingerprint density at radius 3 is 2.89 bits per heavy atom. The molecule has 0 radical (unpaired) electrons. The summed E-state index contributed by atoms with van der Waals surface area (Å²) in [5.41, 5.74) is 1.38. The number of alkyl carbamates (subject to hydrolysis) is 1. The number of halogens is 2. The van der Waals surface area contributed by atoms with Gasteiger partial charge in [-0.25, -0.2) is 13.6 Å². The number of aromatic nitrogens is 3. The van der Waals surface area contributed by atoms with Crippen LogP contribution in [0.5, 0.6) is 6.01 Å². The first-order valence-electron chi connectivity index (χ1n) is 16.1. The SMILES string of the molecule is O=C1N[C@@H]2C[C@H](O)CN(C2)c2nc(OC[C@@]34CCCN3C[C@H](F)C4)nc3c(F)c(ncc23)-c2cccc3cccc(c23)CCCO1. The Bertz CT molecular complexity index is 1820. The molecule has 9 rings (SSSR count). The maximum absolute atomic E-state index is 16.9. The molecule has 2 aromatic heterocycles. The van der Waals surface area contributed by atoms with Crippen LogP contribution < -0.4 is 15.0 Å². The Labute approximate surface area is 264 Å². The molecule has 1 amide bonds. The second kappa shape index (κ2) is 11.6. The minimum absolute atomic E-state index is 0.0254. The average Bonchev–Trinajstić information content (AvgIpc) is 3.57. The molecule has 2 N–H and O–H groups in total. The van der Waals surface area contributed by atoms with Crippen molar-refractivity contribution in [1.82, 2.24) is 25.2 Å². The summed E-state index contributed by atoms with van der Waals surface area (Å²) in [5, 5.41) is 15.9. The van der Waals surface area contributed by atoms with Crippen molar-refractivity contribution < 1.29 is 28.2 Å². The number of fused-ring (bicyclic) bond motifs is 7. The molecule has 10 nitrogen and oxygen atoms in total. The van der Waals surface area contributed by atoms with Gasteiger partial charge < -0.3 is 24.8 Å². The number of nitrogens with zero attached hydrogens (tertiary/aromatic N) is 5. The summed E-state index contributed by atoms with van der Waals surface area (Å²) < 4.78 is 43.1. The number of pyridine rings is 1. The molecule has 7 heterocycles. The average molecular weight is 631 g/mol. The molecule has 0 aliphatic carbocycles. The fourth-order valence-electron chi connectivity index (χ4n) is 7.97. The Kier molecular flexibility index (Phi) is 7.36. The minimum Gasteiger partial charge on any atom is -0.461 e. The highest BCUT2D eigenvalue weighted by molar-refractivity contribution is 6.00. The molecule has 0 saturated carbocycles. The predicted molar refractivity (Wildman–Crippen MR) is 168 cm³/mol. The van der Waals surface area contributed by atoms with Crippen LogP contribution in [0, 0.1) is 5.82 Å². The van der Waals surface area contributed by atoms with Gasteiger partial charge in [-0.1, -0.05) is 36.4 Å². The third-order valence-electron chi connectivity index (χ3n) is 9.99. The van der Waals surface area contributed by atoms with Crippen LogP contribution in [0.3, 0.4) is 0 Å². The number of aliphatic hydroxyl groups is 1. The summed E-state index contributed by atoms with van der Waals surface area (Å²) in [6.07, 6.45) is 2.96. The molecule has 4 atom stereocenters. The maximum Gasteiger partial charge on any atom is 0.407 e. The number of ether oxygens (including phenoxy) is 2. The number of hydrogen-bond donors (Lipinski definition) is 2. The smallest absolute Gasteiger partial charge is 0.407 e. The lowest BCUT2D eigenvalue weighted by Gasteiger charge is -2.37. The van der Waals surface area contributed by atoms with Crippen LogP contribution in [0.25, 0.3) is 32.9 Å². The molecule has 3 saturated heterocycles. The number of rotatable bonds is 3. The Morgan fingerprint density at radius 1 is 1.13 bits per heavy atom. The van der Waals surface area contributed by atoms with Gasteiger partial charge in [-0.3, -0.25) is 9.88 Å². The highest BCUT2D eigenvalue weighted by atomic mass is 19.1. The van der Waals surface area contributed by atoms with Crippen molar-refractivity contribution in [3.05, 3.63) is 54.0 Å². The van der Waals surface area contributed by atoms with Crippen molar-refractivity contribution in [2.45, 2.75) is 62.4 Å². The first-order valence-corrected chi connectivity index (χ1v) is 16.1. The molecule has 2 aromatic carbocycles. The summed E-state index contributed by atoms with van der Waals surface area (Å²) in [6.45, 7) is 2.09. The van der Waals surface area contributed by atoms with E-state index in [4.69, 9.17) is 14.5 Å². The topological polar surface area (TPSA) is 113 Å². The molecule has 0 unspecified atom stereocenters. The van der Waals surface area contributed by atoms with Gasteiger partial charge in [-0.2, -0.15) is 9.97 Å². The molecular weight excluding hydrogens is 594 g/mol. The normalized spacial score (nSPS) is 26.7. The van der Waals surface area contributed by atoms with Gasteiger partial charge in [0, 0.05) is 37.8 Å². The minimum atomic E-state index is -0.921. The van der Waals surface area contributed by atoms with Crippen LogP contribution >= 0.6 is 0 Å². The van der Waals surface area contributed by atoms with E-state index in [-0.39, 0.29) is 37.0 Å². The van der Waals surface area contributed by atoms with Crippen molar-refractivity contribution in [3.8, 4) is 17.3 Å². The third kappa shape index (κ3) is 5.17. The number of alkyl halides is 1. The molecule has 6 bridgehead atoms. The van der Waals surface area contributed by atoms with Gasteiger partial charge in [0.25, 0.3) is 0 Å². The van der Waals surface area contributed by atoms with Crippen LogP contribution in [0.15, 0.2) is 42.6 Å². The summed E-state index contributed by atoms with van der Waals surface area (Å²) in [7, 11) is 0. The van der Waals surface area contributed by atoms with E-state index in [9.17, 15) is 14.3 Å². The molecule has 3 fully saturated rings. The number of carbonyl (C=O) groups is 1. The number of aryl methyl sites for hydroxylation is 1. The largest absolute Gasteiger partial charge is 0.461 e. The number of piperidine rings is 1. The Hall–Kier alpha value is -4.16. The van der Waals surface area contributed by atoms with E-state index < -0.39 is 35.8 Å². The van der Waals surface area contributed by atoms with E-state index in [2.05, 4.69) is 20.2 Å². The zero-order valence-electron chi connectivity index (χ0n) is 25.4. The number of amides is 1. The van der Waals surface area contributed by atoms with Crippen molar-refractivity contribution in [2.24, 2.45) is 0 Å². The standard InChI is InChI=1S/C34H36F2N6O4/c35-22-14-34(10-4-11-42(34)16-22)19-46-32-39-30-26-15-37-29(28(30)36)25-9-2-7-20-5-1-6-21(27(20)25)8-3-12-45-33(44)38-23-13-24(43)18-41(17-23)31(26)40-32/h1-2,5-7,9,15,22-24,43H,3-4,8,10-14,16-19H2,(H,38,44)/t22-,23-,24+,34+/m1/s1. The van der Waals surface area contributed by atoms with E-state index in [0.717, 1.165) is 35.7 Å². The lowest BCUT2D eigenvalue weighted by molar-refractivity contribution is 0.107. The van der Waals surface area contributed by atoms with E-state index in [1.54, 1.807) is 11.1 Å². The van der Waals surface area contributed by atoms with E-state index >= 15 is 4.39 Å². The molecule has 240 valence electrons. The zero-order chi connectivity index (χ0) is 31.4. The molecular formula is C34H36F2N6O4. The predicted octanol–water partition coefficient (Wildman–Crippen LogP) is 4.55. The van der Waals surface area contributed by atoms with Crippen LogP contribution in [0.2, 0.25) is 0 Å². The molecule has 4 aromatic rings. The number of aliphatic hydroxyl groups excluding tert-OH is 1. The van der Waals surface area contributed by atoms with Gasteiger partial charge in [-0.15, -0.1) is 0 Å². The summed E-state index contributed by atoms with van der Waals surface area (Å²) in [6, 6.07) is 11.2. The van der Waals surface area contributed by atoms with Gasteiger partial charge in [0.05, 0.1) is 29.7 Å². The quantitative estimate of drug-likeness (QED) is 0.337. The van der Waals surface area contributed by atoms with Crippen LogP contribution in [-0.2, 0) is 11.2 Å². The fraction of sp³-hybridized carbons (Fsp3) is 0.471. The highest BCUT2D eigenvalue weighted by Crippen LogP contribution is 2.41. The van der Waals surface area contributed by atoms with Crippen molar-refractivity contribution in [3.63, 3.8) is 0 Å². The Morgan fingerprint density at radius 2 is 2.00 bits per heavy atom. The molecule has 0 spiro atoms. The van der Waals surface area contributed by atoms with Crippen LogP contribution in [0.1, 0.15) is 37.7 Å². The zero-order valence-corrected chi connectivity index (χ0v) is 25.4. The molecule has 5 aliphatic rings. The summed E-state index contributed by atoms with van der Waals surface area (Å²) in [4.78, 5) is 30.7.